The quantitative estimate of drug-likeness (QED) is 0.466. The second-order valence-electron chi connectivity index (χ2n) is 4.94. The molecule has 0 spiro atoms. The van der Waals surface area contributed by atoms with Crippen molar-refractivity contribution in [2.75, 3.05) is 0 Å². The van der Waals surface area contributed by atoms with Gasteiger partial charge in [-0.15, -0.1) is 0 Å². The Morgan fingerprint density at radius 2 is 1.65 bits per heavy atom. The van der Waals surface area contributed by atoms with Gasteiger partial charge in [-0.2, -0.15) is 4.98 Å². The Morgan fingerprint density at radius 3 is 2.48 bits per heavy atom. The van der Waals surface area contributed by atoms with Gasteiger partial charge in [0.2, 0.25) is 5.82 Å². The molecule has 6 heteroatoms. The van der Waals surface area contributed by atoms with Crippen LogP contribution in [0.2, 0.25) is 10.2 Å². The first-order valence-electron chi connectivity index (χ1n) is 6.86. The van der Waals surface area contributed by atoms with E-state index in [1.807, 2.05) is 36.4 Å². The lowest BCUT2D eigenvalue weighted by molar-refractivity contribution is 0.432. The van der Waals surface area contributed by atoms with Gasteiger partial charge in [-0.3, -0.25) is 0 Å². The average Bonchev–Trinajstić information content (AvgIpc) is 3.04. The van der Waals surface area contributed by atoms with Crippen LogP contribution in [0.1, 0.15) is 0 Å². The lowest BCUT2D eigenvalue weighted by Crippen LogP contribution is -1.86. The van der Waals surface area contributed by atoms with Crippen LogP contribution in [-0.2, 0) is 0 Å². The minimum absolute atomic E-state index is 0.380. The first-order chi connectivity index (χ1) is 11.2. The number of benzene rings is 2. The van der Waals surface area contributed by atoms with Crippen LogP contribution in [0.3, 0.4) is 0 Å². The van der Waals surface area contributed by atoms with E-state index in [1.165, 1.54) is 0 Å². The summed E-state index contributed by atoms with van der Waals surface area (Å²) < 4.78 is 5.42. The maximum Gasteiger partial charge on any atom is 0.259 e. The molecule has 2 aromatic carbocycles. The van der Waals surface area contributed by atoms with Crippen molar-refractivity contribution in [2.24, 2.45) is 0 Å². The highest BCUT2D eigenvalue weighted by molar-refractivity contribution is 6.30. The molecule has 0 bridgehead atoms. The number of hydrogen-bond donors (Lipinski definition) is 0. The highest BCUT2D eigenvalue weighted by Crippen LogP contribution is 2.30. The van der Waals surface area contributed by atoms with Gasteiger partial charge in [0.05, 0.1) is 11.1 Å². The molecular formula is C17H9Cl2N3O. The molecule has 2 aromatic heterocycles. The summed E-state index contributed by atoms with van der Waals surface area (Å²) in [7, 11) is 0. The van der Waals surface area contributed by atoms with E-state index in [9.17, 15) is 0 Å². The summed E-state index contributed by atoms with van der Waals surface area (Å²) in [6, 6.07) is 16.6. The third-order valence-corrected chi connectivity index (χ3v) is 3.89. The van der Waals surface area contributed by atoms with E-state index in [0.29, 0.717) is 21.9 Å². The first-order valence-corrected chi connectivity index (χ1v) is 7.61. The molecule has 0 N–H and O–H groups in total. The zero-order chi connectivity index (χ0) is 15.8. The van der Waals surface area contributed by atoms with E-state index in [-0.39, 0.29) is 0 Å². The predicted molar refractivity (Wildman–Crippen MR) is 90.5 cm³/mol. The Labute approximate surface area is 141 Å². The molecule has 2 heterocycles. The smallest absolute Gasteiger partial charge is 0.259 e. The van der Waals surface area contributed by atoms with Crippen molar-refractivity contribution in [3.8, 4) is 22.8 Å². The maximum absolute atomic E-state index is 6.10. The minimum atomic E-state index is 0.380. The van der Waals surface area contributed by atoms with Crippen LogP contribution in [0.4, 0.5) is 0 Å². The SMILES string of the molecule is Clc1ccc(-c2noc(-c3cc(Cl)nc4ccccc34)n2)cc1. The molecule has 0 unspecified atom stereocenters. The Balaban J connectivity index is 1.85. The Kier molecular flexibility index (Phi) is 3.48. The van der Waals surface area contributed by atoms with Crippen LogP contribution >= 0.6 is 23.2 Å². The summed E-state index contributed by atoms with van der Waals surface area (Å²) in [5.41, 5.74) is 2.36. The molecule has 0 amide bonds. The fourth-order valence-corrected chi connectivity index (χ4v) is 2.70. The van der Waals surface area contributed by atoms with Crippen molar-refractivity contribution in [1.29, 1.82) is 0 Å². The van der Waals surface area contributed by atoms with Crippen LogP contribution in [0.25, 0.3) is 33.7 Å². The molecule has 112 valence electrons. The summed E-state index contributed by atoms with van der Waals surface area (Å²) >= 11 is 12.0. The van der Waals surface area contributed by atoms with Crippen LogP contribution < -0.4 is 0 Å². The Hall–Kier alpha value is -2.43. The fraction of sp³-hybridized carbons (Fsp3) is 0. The largest absolute Gasteiger partial charge is 0.334 e. The van der Waals surface area contributed by atoms with Gasteiger partial charge in [-0.1, -0.05) is 46.6 Å². The number of aromatic nitrogens is 3. The summed E-state index contributed by atoms with van der Waals surface area (Å²) in [6.45, 7) is 0. The molecule has 0 atom stereocenters. The van der Waals surface area contributed by atoms with Crippen LogP contribution in [-0.4, -0.2) is 15.1 Å². The number of halogens is 2. The summed E-state index contributed by atoms with van der Waals surface area (Å²) in [4.78, 5) is 8.76. The zero-order valence-corrected chi connectivity index (χ0v) is 13.2. The third-order valence-electron chi connectivity index (χ3n) is 3.44. The molecule has 0 saturated carbocycles. The summed E-state index contributed by atoms with van der Waals surface area (Å²) in [5, 5.41) is 5.98. The molecular weight excluding hydrogens is 333 g/mol. The highest BCUT2D eigenvalue weighted by atomic mass is 35.5. The van der Waals surface area contributed by atoms with Crippen molar-refractivity contribution < 1.29 is 4.52 Å². The topological polar surface area (TPSA) is 51.8 Å². The molecule has 0 fully saturated rings. The van der Waals surface area contributed by atoms with E-state index in [1.54, 1.807) is 18.2 Å². The number of hydrogen-bond acceptors (Lipinski definition) is 4. The third kappa shape index (κ3) is 2.67. The Morgan fingerprint density at radius 1 is 0.870 bits per heavy atom. The van der Waals surface area contributed by atoms with Gasteiger partial charge in [0.1, 0.15) is 5.15 Å². The second kappa shape index (κ2) is 5.65. The molecule has 0 saturated heterocycles. The van der Waals surface area contributed by atoms with Crippen LogP contribution in [0.5, 0.6) is 0 Å². The van der Waals surface area contributed by atoms with Gasteiger partial charge >= 0.3 is 0 Å². The van der Waals surface area contributed by atoms with Crippen LogP contribution in [0, 0.1) is 0 Å². The molecule has 4 rings (SSSR count). The predicted octanol–water partition coefficient (Wildman–Crippen LogP) is 5.26. The van der Waals surface area contributed by atoms with Gasteiger partial charge in [-0.05, 0) is 36.4 Å². The monoisotopic (exact) mass is 341 g/mol. The fourth-order valence-electron chi connectivity index (χ4n) is 2.37. The Bertz CT molecular complexity index is 996. The number of fused-ring (bicyclic) bond motifs is 1. The molecule has 4 aromatic rings. The maximum atomic E-state index is 6.10. The molecule has 23 heavy (non-hydrogen) atoms. The van der Waals surface area contributed by atoms with Crippen LogP contribution in [0.15, 0.2) is 59.1 Å². The van der Waals surface area contributed by atoms with Gasteiger partial charge < -0.3 is 4.52 Å². The van der Waals surface area contributed by atoms with E-state index in [0.717, 1.165) is 22.0 Å². The van der Waals surface area contributed by atoms with Gasteiger partial charge in [0.25, 0.3) is 5.89 Å². The molecule has 0 radical (unpaired) electrons. The molecule has 4 nitrogen and oxygen atoms in total. The van der Waals surface area contributed by atoms with E-state index in [2.05, 4.69) is 15.1 Å². The van der Waals surface area contributed by atoms with Gasteiger partial charge in [-0.25, -0.2) is 4.98 Å². The number of nitrogens with zero attached hydrogens (tertiary/aromatic N) is 3. The number of rotatable bonds is 2. The lowest BCUT2D eigenvalue weighted by Gasteiger charge is -2.02. The van der Waals surface area contributed by atoms with Crippen molar-refractivity contribution >= 4 is 34.1 Å². The standard InChI is InChI=1S/C17H9Cl2N3O/c18-11-7-5-10(6-8-11)16-21-17(23-22-16)13-9-15(19)20-14-4-2-1-3-12(13)14/h1-9H. The minimum Gasteiger partial charge on any atom is -0.334 e. The summed E-state index contributed by atoms with van der Waals surface area (Å²) in [6.07, 6.45) is 0. The van der Waals surface area contributed by atoms with Crippen molar-refractivity contribution in [3.05, 3.63) is 64.8 Å². The molecule has 0 aliphatic rings. The van der Waals surface area contributed by atoms with Crippen molar-refractivity contribution in [2.45, 2.75) is 0 Å². The average molecular weight is 342 g/mol. The van der Waals surface area contributed by atoms with E-state index >= 15 is 0 Å². The highest BCUT2D eigenvalue weighted by Gasteiger charge is 2.14. The van der Waals surface area contributed by atoms with E-state index < -0.39 is 0 Å². The van der Waals surface area contributed by atoms with Gasteiger partial charge in [0.15, 0.2) is 0 Å². The number of para-hydroxylation sites is 1. The van der Waals surface area contributed by atoms with E-state index in [4.69, 9.17) is 27.7 Å². The molecule has 0 aliphatic heterocycles. The second-order valence-corrected chi connectivity index (χ2v) is 5.76. The first kappa shape index (κ1) is 14.2. The molecule has 0 aliphatic carbocycles. The normalized spacial score (nSPS) is 11.0. The number of pyridine rings is 1. The zero-order valence-electron chi connectivity index (χ0n) is 11.7. The van der Waals surface area contributed by atoms with Gasteiger partial charge in [0, 0.05) is 16.0 Å². The van der Waals surface area contributed by atoms with Crippen molar-refractivity contribution in [1.82, 2.24) is 15.1 Å². The van der Waals surface area contributed by atoms with Crippen molar-refractivity contribution in [3.63, 3.8) is 0 Å². The summed E-state index contributed by atoms with van der Waals surface area (Å²) in [5.74, 6) is 0.893. The lowest BCUT2D eigenvalue weighted by atomic mass is 10.1.